The van der Waals surface area contributed by atoms with Gasteiger partial charge in [-0.2, -0.15) is 0 Å². The Balaban J connectivity index is 0. The molecule has 0 spiro atoms. The van der Waals surface area contributed by atoms with Gasteiger partial charge < -0.3 is 9.46 Å². The van der Waals surface area contributed by atoms with Crippen LogP contribution in [0.1, 0.15) is 6.42 Å². The first-order valence-electron chi connectivity index (χ1n) is 1.95. The van der Waals surface area contributed by atoms with Gasteiger partial charge in [-0.1, -0.05) is 15.9 Å². The van der Waals surface area contributed by atoms with Gasteiger partial charge in [0.25, 0.3) is 0 Å². The topological polar surface area (TPSA) is 20.3 Å². The van der Waals surface area contributed by atoms with Crippen molar-refractivity contribution in [1.29, 1.82) is 0 Å². The van der Waals surface area contributed by atoms with Crippen LogP contribution < -0.4 is 0 Å². The smallest absolute Gasteiger partial charge is 0 e. The summed E-state index contributed by atoms with van der Waals surface area (Å²) >= 11 is 0. The third kappa shape index (κ3) is 10.2. The van der Waals surface area contributed by atoms with Crippen LogP contribution in [0, 0.1) is 7.05 Å². The molecule has 0 N–H and O–H groups in total. The monoisotopic (exact) mass is 206 g/mol. The quantitative estimate of drug-likeness (QED) is 0.491. The van der Waals surface area contributed by atoms with Gasteiger partial charge in [0.15, 0.2) is 0 Å². The van der Waals surface area contributed by atoms with E-state index in [9.17, 15) is 4.79 Å². The fraction of sp³-hybridized carbons (Fsp3) is 0.500. The van der Waals surface area contributed by atoms with Crippen LogP contribution in [-0.4, -0.2) is 17.5 Å². The Labute approximate surface area is 77.5 Å². The summed E-state index contributed by atoms with van der Waals surface area (Å²) in [5, 5.41) is 0. The van der Waals surface area contributed by atoms with Crippen molar-refractivity contribution in [1.82, 2.24) is 4.67 Å². The van der Waals surface area contributed by atoms with Gasteiger partial charge in [0, 0.05) is 32.7 Å². The predicted molar refractivity (Wildman–Crippen MR) is 32.1 cm³/mol. The molecule has 0 aliphatic rings. The second-order valence-electron chi connectivity index (χ2n) is 1.21. The molecule has 1 unspecified atom stereocenters. The molecule has 0 heterocycles. The predicted octanol–water partition coefficient (Wildman–Crippen LogP) is 0.367. The van der Waals surface area contributed by atoms with Crippen molar-refractivity contribution in [3.8, 4) is 0 Å². The van der Waals surface area contributed by atoms with E-state index in [-0.39, 0.29) is 32.7 Å². The zero-order valence-corrected chi connectivity index (χ0v) is 8.62. The Bertz CT molecular complexity index is 60.0. The van der Waals surface area contributed by atoms with E-state index in [1.807, 2.05) is 0 Å². The second-order valence-corrected chi connectivity index (χ2v) is 1.94. The van der Waals surface area contributed by atoms with E-state index in [2.05, 4.69) is 16.4 Å². The molecule has 0 aromatic carbocycles. The minimum absolute atomic E-state index is 0. The molecule has 2 nitrogen and oxygen atoms in total. The maximum atomic E-state index is 9.52. The fourth-order valence-electron chi connectivity index (χ4n) is 0.189. The van der Waals surface area contributed by atoms with Crippen LogP contribution in [0.5, 0.6) is 0 Å². The van der Waals surface area contributed by atoms with Crippen LogP contribution in [0.15, 0.2) is 0 Å². The molecule has 0 rings (SSSR count). The van der Waals surface area contributed by atoms with Crippen LogP contribution in [-0.2, 0) is 37.5 Å². The van der Waals surface area contributed by atoms with Crippen molar-refractivity contribution in [2.45, 2.75) is 6.42 Å². The van der Waals surface area contributed by atoms with Gasteiger partial charge in [0.05, 0.1) is 0 Å². The van der Waals surface area contributed by atoms with E-state index in [0.29, 0.717) is 13.0 Å². The van der Waals surface area contributed by atoms with Crippen LogP contribution in [0.4, 0.5) is 0 Å². The Kier molecular flexibility index (Phi) is 12.1. The molecule has 1 atom stereocenters. The molecular weight excluding hydrogens is 198 g/mol. The average Bonchev–Trinajstić information content (AvgIpc) is 1.61. The van der Waals surface area contributed by atoms with Crippen molar-refractivity contribution in [2.75, 3.05) is 6.54 Å². The summed E-state index contributed by atoms with van der Waals surface area (Å²) in [6.07, 6.45) is 2.19. The molecule has 8 heavy (non-hydrogen) atoms. The molecule has 0 saturated heterocycles. The first-order chi connectivity index (χ1) is 3.27. The largest absolute Gasteiger partial charge is 0.542 e. The molecule has 0 aliphatic heterocycles. The van der Waals surface area contributed by atoms with Crippen LogP contribution in [0.2, 0.25) is 0 Å². The molecule has 0 bridgehead atoms. The van der Waals surface area contributed by atoms with Crippen LogP contribution in [0.3, 0.4) is 0 Å². The summed E-state index contributed by atoms with van der Waals surface area (Å²) in [6.45, 7) is 0.661. The molecule has 0 aromatic rings. The first-order valence-corrected chi connectivity index (χ1v) is 2.46. The van der Waals surface area contributed by atoms with Crippen LogP contribution in [0.25, 0.3) is 0 Å². The van der Waals surface area contributed by atoms with Gasteiger partial charge in [-0.15, -0.1) is 6.42 Å². The summed E-state index contributed by atoms with van der Waals surface area (Å²) in [5.74, 6) is 0. The molecule has 45 valence electrons. The standard InChI is InChI=1S/C4H8NOP.Y/c1-5(7)3-2-4-6;/h1-3,7H2;/q-2;. The molecule has 4 heteroatoms. The Morgan fingerprint density at radius 2 is 2.25 bits per heavy atom. The van der Waals surface area contributed by atoms with Crippen molar-refractivity contribution in [3.63, 3.8) is 0 Å². The number of hydrogen-bond donors (Lipinski definition) is 0. The van der Waals surface area contributed by atoms with Gasteiger partial charge in [0.2, 0.25) is 0 Å². The maximum absolute atomic E-state index is 9.52. The molecule has 0 fully saturated rings. The summed E-state index contributed by atoms with van der Waals surface area (Å²) in [7, 11) is 5.84. The number of hydrogen-bond acceptors (Lipinski definition) is 2. The third-order valence-electron chi connectivity index (χ3n) is 0.501. The number of carbonyl (C=O) groups excluding carboxylic acids is 1. The van der Waals surface area contributed by atoms with E-state index in [1.165, 1.54) is 0 Å². The fourth-order valence-corrected chi connectivity index (χ4v) is 0.318. The van der Waals surface area contributed by atoms with Gasteiger partial charge in [0.1, 0.15) is 0 Å². The summed E-state index contributed by atoms with van der Waals surface area (Å²) < 4.78 is 1.62. The Hall–Kier alpha value is 1.16. The van der Waals surface area contributed by atoms with Gasteiger partial charge in [-0.05, 0) is 0 Å². The maximum Gasteiger partial charge on any atom is 0 e. The average molecular weight is 206 g/mol. The number of rotatable bonds is 3. The minimum Gasteiger partial charge on any atom is -0.542 e. The van der Waals surface area contributed by atoms with E-state index >= 15 is 0 Å². The third-order valence-corrected chi connectivity index (χ3v) is 0.759. The van der Waals surface area contributed by atoms with Crippen LogP contribution >= 0.6 is 9.39 Å². The van der Waals surface area contributed by atoms with Gasteiger partial charge >= 0.3 is 0 Å². The van der Waals surface area contributed by atoms with E-state index < -0.39 is 0 Å². The zero-order valence-electron chi connectivity index (χ0n) is 4.63. The van der Waals surface area contributed by atoms with Gasteiger partial charge in [-0.25, -0.2) is 0 Å². The summed E-state index contributed by atoms with van der Waals surface area (Å²) in [4.78, 5) is 9.52. The minimum atomic E-state index is 0. The van der Waals surface area contributed by atoms with Gasteiger partial charge in [-0.3, -0.25) is 13.3 Å². The van der Waals surface area contributed by atoms with Crippen molar-refractivity contribution < 1.29 is 37.5 Å². The van der Waals surface area contributed by atoms with Crippen molar-refractivity contribution in [3.05, 3.63) is 7.05 Å². The second kappa shape index (κ2) is 8.16. The molecule has 0 aromatic heterocycles. The molecular formula is C4H8NOPY-2. The van der Waals surface area contributed by atoms with Crippen molar-refractivity contribution >= 4 is 15.7 Å². The van der Waals surface area contributed by atoms with E-state index in [1.54, 1.807) is 11.0 Å². The Morgan fingerprint density at radius 1 is 1.75 bits per heavy atom. The Morgan fingerprint density at radius 3 is 2.38 bits per heavy atom. The normalized spacial score (nSPS) is 8.38. The molecule has 0 aliphatic carbocycles. The molecule has 0 saturated carbocycles. The number of nitrogens with zero attached hydrogens (tertiary/aromatic N) is 1. The first kappa shape index (κ1) is 11.9. The SMILES string of the molecule is [CH2-]N(P)CC[C-]=O.[Y]. The molecule has 0 amide bonds. The van der Waals surface area contributed by atoms with E-state index in [0.717, 1.165) is 0 Å². The van der Waals surface area contributed by atoms with E-state index in [4.69, 9.17) is 0 Å². The van der Waals surface area contributed by atoms with Crippen molar-refractivity contribution in [2.24, 2.45) is 0 Å². The molecule has 1 radical (unpaired) electrons. The summed E-state index contributed by atoms with van der Waals surface area (Å²) in [6, 6.07) is 0. The summed E-state index contributed by atoms with van der Waals surface area (Å²) in [5.41, 5.74) is 0. The zero-order chi connectivity index (χ0) is 5.70.